The Morgan fingerprint density at radius 3 is 1.06 bits per heavy atom. The van der Waals surface area contributed by atoms with Crippen LogP contribution in [0.4, 0.5) is 0 Å². The normalized spacial score (nSPS) is 16.0. The first kappa shape index (κ1) is 31.8. The summed E-state index contributed by atoms with van der Waals surface area (Å²) in [6.07, 6.45) is 3.48. The van der Waals surface area contributed by atoms with E-state index in [-0.39, 0.29) is 36.3 Å². The summed E-state index contributed by atoms with van der Waals surface area (Å²) in [5.74, 6) is 3.19. The minimum atomic E-state index is -0.278. The van der Waals surface area contributed by atoms with Crippen LogP contribution in [0, 0.1) is 0 Å². The number of carbonyl (C=O) groups is 2. The number of amides is 2. The van der Waals surface area contributed by atoms with E-state index in [2.05, 4.69) is 0 Å². The van der Waals surface area contributed by atoms with Crippen molar-refractivity contribution in [3.05, 3.63) is 131 Å². The lowest BCUT2D eigenvalue weighted by Gasteiger charge is -2.24. The van der Waals surface area contributed by atoms with Gasteiger partial charge in [0, 0.05) is 24.2 Å². The fraction of sp³-hybridized carbons (Fsp3) is 0.158. The zero-order chi connectivity index (χ0) is 33.6. The largest absolute Gasteiger partial charge is 0.497 e. The Hall–Kier alpha value is -6.16. The molecule has 242 valence electrons. The minimum Gasteiger partial charge on any atom is -0.497 e. The number of nitrogens with zero attached hydrogens (tertiary/aromatic N) is 4. The lowest BCUT2D eigenvalue weighted by Crippen LogP contribution is -2.42. The Morgan fingerprint density at radius 2 is 0.771 bits per heavy atom. The highest BCUT2D eigenvalue weighted by atomic mass is 16.5. The maximum Gasteiger partial charge on any atom is 0.278 e. The van der Waals surface area contributed by atoms with Gasteiger partial charge in [0.25, 0.3) is 11.8 Å². The highest BCUT2D eigenvalue weighted by Crippen LogP contribution is 2.27. The van der Waals surface area contributed by atoms with Gasteiger partial charge in [0.15, 0.2) is 0 Å². The number of hydrogen-bond donors (Lipinski definition) is 0. The Bertz CT molecular complexity index is 1780. The molecule has 0 saturated carbocycles. The summed E-state index contributed by atoms with van der Waals surface area (Å²) in [6, 6.07) is 29.5. The van der Waals surface area contributed by atoms with E-state index in [0.717, 1.165) is 22.3 Å². The van der Waals surface area contributed by atoms with Crippen LogP contribution in [-0.2, 0) is 9.59 Å². The van der Waals surface area contributed by atoms with Crippen molar-refractivity contribution in [3.8, 4) is 23.0 Å². The van der Waals surface area contributed by atoms with Crippen LogP contribution in [0.15, 0.2) is 118 Å². The molecule has 0 aromatic heterocycles. The number of rotatable bonds is 11. The highest BCUT2D eigenvalue weighted by molar-refractivity contribution is 6.21. The molecular weight excluding hydrogens is 608 g/mol. The molecular formula is C38H34N4O6. The smallest absolute Gasteiger partial charge is 0.278 e. The molecule has 0 N–H and O–H groups in total. The molecule has 10 heteroatoms. The van der Waals surface area contributed by atoms with E-state index in [0.29, 0.717) is 34.7 Å². The van der Waals surface area contributed by atoms with Crippen LogP contribution in [0.3, 0.4) is 0 Å². The van der Waals surface area contributed by atoms with Crippen molar-refractivity contribution in [2.45, 2.75) is 0 Å². The molecule has 0 radical (unpaired) electrons. The average Bonchev–Trinajstić information content (AvgIpc) is 3.62. The molecule has 2 amide bonds. The highest BCUT2D eigenvalue weighted by Gasteiger charge is 2.35. The van der Waals surface area contributed by atoms with Gasteiger partial charge in [-0.3, -0.25) is 19.4 Å². The monoisotopic (exact) mass is 642 g/mol. The lowest BCUT2D eigenvalue weighted by molar-refractivity contribution is -0.125. The van der Waals surface area contributed by atoms with Gasteiger partial charge >= 0.3 is 0 Å². The molecule has 4 aromatic rings. The molecule has 0 saturated heterocycles. The van der Waals surface area contributed by atoms with Gasteiger partial charge in [-0.25, -0.2) is 9.98 Å². The number of amidine groups is 2. The first-order chi connectivity index (χ1) is 23.4. The topological polar surface area (TPSA) is 102 Å². The summed E-state index contributed by atoms with van der Waals surface area (Å²) < 4.78 is 21.2. The van der Waals surface area contributed by atoms with E-state index in [1.54, 1.807) is 50.4 Å². The second kappa shape index (κ2) is 14.1. The molecule has 2 aliphatic rings. The summed E-state index contributed by atoms with van der Waals surface area (Å²) >= 11 is 0. The number of hydrogen-bond acceptors (Lipinski definition) is 8. The van der Waals surface area contributed by atoms with Gasteiger partial charge in [0.2, 0.25) is 0 Å². The Kier molecular flexibility index (Phi) is 9.33. The van der Waals surface area contributed by atoms with Gasteiger partial charge < -0.3 is 18.9 Å². The number of aliphatic imine (C=N–C) groups is 2. The molecule has 2 aliphatic heterocycles. The van der Waals surface area contributed by atoms with E-state index in [1.807, 2.05) is 97.1 Å². The predicted octanol–water partition coefficient (Wildman–Crippen LogP) is 5.68. The quantitative estimate of drug-likeness (QED) is 0.195. The summed E-state index contributed by atoms with van der Waals surface area (Å²) in [4.78, 5) is 40.6. The van der Waals surface area contributed by atoms with E-state index in [9.17, 15) is 9.59 Å². The molecule has 48 heavy (non-hydrogen) atoms. The molecule has 0 fully saturated rings. The van der Waals surface area contributed by atoms with Crippen molar-refractivity contribution >= 4 is 35.6 Å². The Morgan fingerprint density at radius 1 is 0.479 bits per heavy atom. The standard InChI is InChI=1S/C38H34N4O6/c1-45-29-13-5-25(6-14-29)23-33-37(43)41(35(39-33)27-9-17-31(47-3)18-10-27)21-22-42-36(28-11-19-32(48-4)20-12-28)40-34(38(42)44)24-26-7-15-30(46-2)16-8-26/h5-20,23-24H,21-22H2,1-4H3. The summed E-state index contributed by atoms with van der Waals surface area (Å²) in [5, 5.41) is 0. The zero-order valence-corrected chi connectivity index (χ0v) is 27.0. The SMILES string of the molecule is COc1ccc(C=C2N=C(c3ccc(OC)cc3)N(CCN3C(=O)C(=Cc4ccc(OC)cc4)N=C3c3ccc(OC)cc3)C2=O)cc1. The maximum atomic E-state index is 13.9. The molecule has 0 unspecified atom stereocenters. The van der Waals surface area contributed by atoms with Gasteiger partial charge in [-0.1, -0.05) is 24.3 Å². The van der Waals surface area contributed by atoms with Crippen LogP contribution < -0.4 is 18.9 Å². The van der Waals surface area contributed by atoms with Gasteiger partial charge in [-0.05, 0) is 96.1 Å². The second-order valence-electron chi connectivity index (χ2n) is 10.8. The number of ether oxygens (including phenoxy) is 4. The number of benzene rings is 4. The van der Waals surface area contributed by atoms with Crippen molar-refractivity contribution in [1.82, 2.24) is 9.80 Å². The van der Waals surface area contributed by atoms with E-state index >= 15 is 0 Å². The van der Waals surface area contributed by atoms with Crippen LogP contribution in [0.2, 0.25) is 0 Å². The van der Waals surface area contributed by atoms with E-state index < -0.39 is 0 Å². The molecule has 0 atom stereocenters. The van der Waals surface area contributed by atoms with Gasteiger partial charge in [0.05, 0.1) is 28.4 Å². The van der Waals surface area contributed by atoms with Crippen molar-refractivity contribution < 1.29 is 28.5 Å². The van der Waals surface area contributed by atoms with Crippen LogP contribution in [0.5, 0.6) is 23.0 Å². The third-order valence-electron chi connectivity index (χ3n) is 7.97. The van der Waals surface area contributed by atoms with Crippen molar-refractivity contribution in [3.63, 3.8) is 0 Å². The summed E-state index contributed by atoms with van der Waals surface area (Å²) in [6.45, 7) is 0.334. The van der Waals surface area contributed by atoms with Gasteiger partial charge in [-0.15, -0.1) is 0 Å². The van der Waals surface area contributed by atoms with Crippen LogP contribution in [0.1, 0.15) is 22.3 Å². The summed E-state index contributed by atoms with van der Waals surface area (Å²) in [7, 11) is 6.40. The zero-order valence-electron chi connectivity index (χ0n) is 27.0. The van der Waals surface area contributed by atoms with Gasteiger partial charge in [0.1, 0.15) is 46.1 Å². The average molecular weight is 643 g/mol. The molecule has 0 bridgehead atoms. The fourth-order valence-corrected chi connectivity index (χ4v) is 5.35. The summed E-state index contributed by atoms with van der Waals surface area (Å²) in [5.41, 5.74) is 3.63. The molecule has 4 aromatic carbocycles. The third kappa shape index (κ3) is 6.68. The molecule has 0 aliphatic carbocycles. The predicted molar refractivity (Wildman–Crippen MR) is 184 cm³/mol. The minimum absolute atomic E-state index is 0.167. The Labute approximate surface area is 278 Å². The Balaban J connectivity index is 1.32. The van der Waals surface area contributed by atoms with Crippen LogP contribution in [0.25, 0.3) is 12.2 Å². The molecule has 6 rings (SSSR count). The third-order valence-corrected chi connectivity index (χ3v) is 7.97. The lowest BCUT2D eigenvalue weighted by atomic mass is 10.1. The first-order valence-corrected chi connectivity index (χ1v) is 15.2. The van der Waals surface area contributed by atoms with Crippen LogP contribution >= 0.6 is 0 Å². The van der Waals surface area contributed by atoms with Crippen molar-refractivity contribution in [1.29, 1.82) is 0 Å². The number of methoxy groups -OCH3 is 4. The number of carbonyl (C=O) groups excluding carboxylic acids is 2. The fourth-order valence-electron chi connectivity index (χ4n) is 5.35. The second-order valence-corrected chi connectivity index (χ2v) is 10.8. The molecule has 10 nitrogen and oxygen atoms in total. The maximum absolute atomic E-state index is 13.9. The van der Waals surface area contributed by atoms with E-state index in [1.165, 1.54) is 0 Å². The molecule has 2 heterocycles. The van der Waals surface area contributed by atoms with Crippen molar-refractivity contribution in [2.75, 3.05) is 41.5 Å². The first-order valence-electron chi connectivity index (χ1n) is 15.2. The van der Waals surface area contributed by atoms with E-state index in [4.69, 9.17) is 28.9 Å². The molecule has 0 spiro atoms. The van der Waals surface area contributed by atoms with Gasteiger partial charge in [-0.2, -0.15) is 0 Å². The van der Waals surface area contributed by atoms with Crippen LogP contribution in [-0.4, -0.2) is 74.8 Å². The van der Waals surface area contributed by atoms with Crippen molar-refractivity contribution in [2.24, 2.45) is 9.98 Å².